The van der Waals surface area contributed by atoms with Crippen LogP contribution in [0.3, 0.4) is 0 Å². The third-order valence-electron chi connectivity index (χ3n) is 2.26. The molecular formula is C7H16N2O3S. The fraction of sp³-hybridized carbons (Fsp3) is 1.00. The highest BCUT2D eigenvalue weighted by Gasteiger charge is 2.42. The van der Waals surface area contributed by atoms with Crippen LogP contribution in [0.1, 0.15) is 19.8 Å². The lowest BCUT2D eigenvalue weighted by atomic mass is 10.1. The van der Waals surface area contributed by atoms with E-state index in [-0.39, 0.29) is 12.0 Å². The summed E-state index contributed by atoms with van der Waals surface area (Å²) >= 11 is 0. The molecule has 0 amide bonds. The van der Waals surface area contributed by atoms with Crippen molar-refractivity contribution in [2.45, 2.75) is 19.8 Å². The molecule has 0 bridgehead atoms. The van der Waals surface area contributed by atoms with Crippen LogP contribution in [0.5, 0.6) is 0 Å². The predicted octanol–water partition coefficient (Wildman–Crippen LogP) is -0.797. The Kier molecular flexibility index (Phi) is 3.28. The fourth-order valence-electron chi connectivity index (χ4n) is 1.06. The Bertz CT molecular complexity index is 259. The normalized spacial score (nSPS) is 20.2. The number of hydrogen-bond donors (Lipinski definition) is 3. The zero-order chi connectivity index (χ0) is 9.95. The van der Waals surface area contributed by atoms with Crippen LogP contribution < -0.4 is 9.44 Å². The first-order chi connectivity index (χ1) is 6.04. The quantitative estimate of drug-likeness (QED) is 0.535. The van der Waals surface area contributed by atoms with Gasteiger partial charge in [-0.1, -0.05) is 6.92 Å². The monoisotopic (exact) mass is 208 g/mol. The van der Waals surface area contributed by atoms with Crippen molar-refractivity contribution in [3.63, 3.8) is 0 Å². The van der Waals surface area contributed by atoms with Crippen molar-refractivity contribution in [3.8, 4) is 0 Å². The second kappa shape index (κ2) is 3.91. The standard InChI is InChI=1S/C7H16N2O3S/c1-2-8-13(11,12)9-5-7(6-10)3-4-7/h8-10H,2-6H2,1H3. The first-order valence-electron chi connectivity index (χ1n) is 4.39. The fourth-order valence-corrected chi connectivity index (χ4v) is 2.04. The molecule has 0 aliphatic heterocycles. The highest BCUT2D eigenvalue weighted by atomic mass is 32.2. The summed E-state index contributed by atoms with van der Waals surface area (Å²) in [6.07, 6.45) is 1.80. The summed E-state index contributed by atoms with van der Waals surface area (Å²) in [6.45, 7) is 2.49. The molecular weight excluding hydrogens is 192 g/mol. The minimum absolute atomic E-state index is 0.0572. The van der Waals surface area contributed by atoms with Gasteiger partial charge in [-0.15, -0.1) is 0 Å². The molecule has 0 aromatic rings. The Morgan fingerprint density at radius 1 is 1.38 bits per heavy atom. The molecule has 0 heterocycles. The van der Waals surface area contributed by atoms with E-state index in [1.165, 1.54) is 0 Å². The maximum atomic E-state index is 11.1. The van der Waals surface area contributed by atoms with Gasteiger partial charge in [-0.05, 0) is 12.8 Å². The van der Waals surface area contributed by atoms with Gasteiger partial charge in [0, 0.05) is 25.1 Å². The molecule has 0 spiro atoms. The summed E-state index contributed by atoms with van der Waals surface area (Å²) in [4.78, 5) is 0. The zero-order valence-corrected chi connectivity index (χ0v) is 8.52. The number of rotatable bonds is 6. The summed E-state index contributed by atoms with van der Waals surface area (Å²) in [5.74, 6) is 0. The van der Waals surface area contributed by atoms with Gasteiger partial charge < -0.3 is 5.11 Å². The molecule has 1 rings (SSSR count). The Balaban J connectivity index is 2.33. The van der Waals surface area contributed by atoms with E-state index in [2.05, 4.69) is 9.44 Å². The van der Waals surface area contributed by atoms with Crippen molar-refractivity contribution in [3.05, 3.63) is 0 Å². The molecule has 1 aliphatic carbocycles. The molecule has 1 aliphatic rings. The van der Waals surface area contributed by atoms with Gasteiger partial charge in [0.2, 0.25) is 0 Å². The van der Waals surface area contributed by atoms with Crippen molar-refractivity contribution >= 4 is 10.2 Å². The van der Waals surface area contributed by atoms with Crippen LogP contribution in [0.25, 0.3) is 0 Å². The molecule has 0 aromatic carbocycles. The molecule has 78 valence electrons. The van der Waals surface area contributed by atoms with E-state index >= 15 is 0 Å². The molecule has 1 saturated carbocycles. The summed E-state index contributed by atoms with van der Waals surface area (Å²) < 4.78 is 27.0. The van der Waals surface area contributed by atoms with Crippen molar-refractivity contribution in [2.24, 2.45) is 5.41 Å². The van der Waals surface area contributed by atoms with Crippen molar-refractivity contribution < 1.29 is 13.5 Å². The first-order valence-corrected chi connectivity index (χ1v) is 5.87. The molecule has 0 aromatic heterocycles. The molecule has 13 heavy (non-hydrogen) atoms. The lowest BCUT2D eigenvalue weighted by Crippen LogP contribution is -2.40. The van der Waals surface area contributed by atoms with E-state index in [0.717, 1.165) is 12.8 Å². The van der Waals surface area contributed by atoms with Crippen molar-refractivity contribution in [1.82, 2.24) is 9.44 Å². The second-order valence-corrected chi connectivity index (χ2v) is 5.06. The number of hydrogen-bond acceptors (Lipinski definition) is 3. The molecule has 0 atom stereocenters. The topological polar surface area (TPSA) is 78.4 Å². The van der Waals surface area contributed by atoms with Crippen LogP contribution in [0.4, 0.5) is 0 Å². The molecule has 0 saturated heterocycles. The summed E-state index contributed by atoms with van der Waals surface area (Å²) in [5.41, 5.74) is -0.178. The summed E-state index contributed by atoms with van der Waals surface area (Å²) in [6, 6.07) is 0. The van der Waals surface area contributed by atoms with E-state index in [1.54, 1.807) is 6.92 Å². The minimum atomic E-state index is -3.35. The Morgan fingerprint density at radius 3 is 2.38 bits per heavy atom. The largest absolute Gasteiger partial charge is 0.396 e. The van der Waals surface area contributed by atoms with Crippen molar-refractivity contribution in [2.75, 3.05) is 19.7 Å². The highest BCUT2D eigenvalue weighted by Crippen LogP contribution is 2.44. The Morgan fingerprint density at radius 2 is 2.00 bits per heavy atom. The third kappa shape index (κ3) is 3.22. The zero-order valence-electron chi connectivity index (χ0n) is 7.71. The summed E-state index contributed by atoms with van der Waals surface area (Å²) in [5, 5.41) is 8.93. The van der Waals surface area contributed by atoms with Crippen LogP contribution in [0, 0.1) is 5.41 Å². The predicted molar refractivity (Wildman–Crippen MR) is 49.4 cm³/mol. The minimum Gasteiger partial charge on any atom is -0.396 e. The average Bonchev–Trinajstić information content (AvgIpc) is 2.82. The smallest absolute Gasteiger partial charge is 0.276 e. The lowest BCUT2D eigenvalue weighted by molar-refractivity contribution is 0.213. The van der Waals surface area contributed by atoms with E-state index in [1.807, 2.05) is 0 Å². The van der Waals surface area contributed by atoms with Crippen LogP contribution >= 0.6 is 0 Å². The van der Waals surface area contributed by atoms with Gasteiger partial charge >= 0.3 is 0 Å². The molecule has 3 N–H and O–H groups in total. The van der Waals surface area contributed by atoms with Crippen LogP contribution in [-0.4, -0.2) is 33.2 Å². The van der Waals surface area contributed by atoms with Gasteiger partial charge in [0.15, 0.2) is 0 Å². The van der Waals surface area contributed by atoms with Gasteiger partial charge in [-0.3, -0.25) is 0 Å². The number of nitrogens with one attached hydrogen (secondary N) is 2. The van der Waals surface area contributed by atoms with E-state index in [9.17, 15) is 8.42 Å². The van der Waals surface area contributed by atoms with Gasteiger partial charge in [0.25, 0.3) is 10.2 Å². The van der Waals surface area contributed by atoms with Crippen molar-refractivity contribution in [1.29, 1.82) is 0 Å². The van der Waals surface area contributed by atoms with E-state index in [4.69, 9.17) is 5.11 Å². The van der Waals surface area contributed by atoms with Gasteiger partial charge in [-0.2, -0.15) is 8.42 Å². The molecule has 0 radical (unpaired) electrons. The van der Waals surface area contributed by atoms with E-state index < -0.39 is 10.2 Å². The first kappa shape index (κ1) is 10.9. The number of aliphatic hydroxyl groups excluding tert-OH is 1. The van der Waals surface area contributed by atoms with Gasteiger partial charge in [-0.25, -0.2) is 9.44 Å². The van der Waals surface area contributed by atoms with Crippen LogP contribution in [-0.2, 0) is 10.2 Å². The molecule has 0 unspecified atom stereocenters. The lowest BCUT2D eigenvalue weighted by Gasteiger charge is -2.12. The highest BCUT2D eigenvalue weighted by molar-refractivity contribution is 7.87. The van der Waals surface area contributed by atoms with Gasteiger partial charge in [0.1, 0.15) is 0 Å². The SMILES string of the molecule is CCNS(=O)(=O)NCC1(CO)CC1. The summed E-state index contributed by atoms with van der Waals surface area (Å²) in [7, 11) is -3.35. The maximum absolute atomic E-state index is 11.1. The Hall–Kier alpha value is -0.170. The maximum Gasteiger partial charge on any atom is 0.276 e. The second-order valence-electron chi connectivity index (χ2n) is 3.48. The molecule has 1 fully saturated rings. The molecule has 5 nitrogen and oxygen atoms in total. The Labute approximate surface area is 78.7 Å². The third-order valence-corrected chi connectivity index (χ3v) is 3.46. The van der Waals surface area contributed by atoms with Crippen LogP contribution in [0.2, 0.25) is 0 Å². The number of aliphatic hydroxyl groups is 1. The van der Waals surface area contributed by atoms with E-state index in [0.29, 0.717) is 13.1 Å². The van der Waals surface area contributed by atoms with Gasteiger partial charge in [0.05, 0.1) is 0 Å². The van der Waals surface area contributed by atoms with Crippen LogP contribution in [0.15, 0.2) is 0 Å². The average molecular weight is 208 g/mol. The molecule has 6 heteroatoms.